The summed E-state index contributed by atoms with van der Waals surface area (Å²) in [6, 6.07) is 5.81. The lowest BCUT2D eigenvalue weighted by Crippen LogP contribution is -2.45. The van der Waals surface area contributed by atoms with Gasteiger partial charge in [0.15, 0.2) is 0 Å². The van der Waals surface area contributed by atoms with Crippen molar-refractivity contribution >= 4 is 5.91 Å². The second kappa shape index (κ2) is 7.42. The van der Waals surface area contributed by atoms with Crippen LogP contribution in [0.15, 0.2) is 24.4 Å². The van der Waals surface area contributed by atoms with Crippen LogP contribution < -0.4 is 0 Å². The molecule has 1 aromatic rings. The molecule has 0 radical (unpaired) electrons. The van der Waals surface area contributed by atoms with Crippen molar-refractivity contribution in [2.75, 3.05) is 26.7 Å². The molecule has 0 unspecified atom stereocenters. The number of piperidine rings is 1. The number of ether oxygens (including phenoxy) is 1. The summed E-state index contributed by atoms with van der Waals surface area (Å²) in [5, 5.41) is 0. The number of amides is 1. The second-order valence-corrected chi connectivity index (χ2v) is 8.02. The van der Waals surface area contributed by atoms with Gasteiger partial charge in [-0.15, -0.1) is 0 Å². The van der Waals surface area contributed by atoms with E-state index in [-0.39, 0.29) is 18.1 Å². The monoisotopic (exact) mass is 343 g/mol. The summed E-state index contributed by atoms with van der Waals surface area (Å²) >= 11 is 0. The molecule has 3 aliphatic rings. The van der Waals surface area contributed by atoms with Crippen LogP contribution in [0.25, 0.3) is 0 Å². The Morgan fingerprint density at radius 2 is 2.24 bits per heavy atom. The number of pyridine rings is 1. The molecule has 136 valence electrons. The van der Waals surface area contributed by atoms with Crippen LogP contribution in [0, 0.1) is 11.8 Å². The van der Waals surface area contributed by atoms with E-state index in [1.54, 1.807) is 11.1 Å². The average molecular weight is 343 g/mol. The first-order chi connectivity index (χ1) is 12.2. The van der Waals surface area contributed by atoms with E-state index in [4.69, 9.17) is 4.74 Å². The van der Waals surface area contributed by atoms with E-state index in [9.17, 15) is 4.79 Å². The Bertz CT molecular complexity index is 590. The van der Waals surface area contributed by atoms with Gasteiger partial charge in [-0.2, -0.15) is 0 Å². The highest BCUT2D eigenvalue weighted by atomic mass is 16.5. The van der Waals surface area contributed by atoms with E-state index >= 15 is 0 Å². The third-order valence-electron chi connectivity index (χ3n) is 6.15. The van der Waals surface area contributed by atoms with Gasteiger partial charge in [0.1, 0.15) is 6.10 Å². The smallest absolute Gasteiger partial charge is 0.251 e. The summed E-state index contributed by atoms with van der Waals surface area (Å²) in [6.07, 6.45) is 7.98. The van der Waals surface area contributed by atoms with Crippen LogP contribution in [-0.2, 0) is 16.1 Å². The molecule has 4 rings (SSSR count). The van der Waals surface area contributed by atoms with E-state index in [0.29, 0.717) is 12.5 Å². The summed E-state index contributed by atoms with van der Waals surface area (Å²) in [4.78, 5) is 21.4. The van der Waals surface area contributed by atoms with Crippen LogP contribution in [-0.4, -0.2) is 59.6 Å². The highest BCUT2D eigenvalue weighted by molar-refractivity contribution is 5.81. The molecule has 1 saturated carbocycles. The third kappa shape index (κ3) is 3.87. The van der Waals surface area contributed by atoms with Crippen molar-refractivity contribution in [1.29, 1.82) is 0 Å². The number of carbonyl (C=O) groups excluding carboxylic acids is 1. The second-order valence-electron chi connectivity index (χ2n) is 8.02. The van der Waals surface area contributed by atoms with E-state index < -0.39 is 0 Å². The normalized spacial score (nSPS) is 29.9. The molecule has 25 heavy (non-hydrogen) atoms. The molecule has 1 aliphatic carbocycles. The molecular formula is C20H29N3O2. The molecule has 1 aromatic heterocycles. The van der Waals surface area contributed by atoms with Crippen LogP contribution in [0.5, 0.6) is 0 Å². The Labute approximate surface area is 150 Å². The number of hydrogen-bond acceptors (Lipinski definition) is 4. The topological polar surface area (TPSA) is 45.7 Å². The maximum Gasteiger partial charge on any atom is 0.251 e. The number of aromatic nitrogens is 1. The summed E-state index contributed by atoms with van der Waals surface area (Å²) in [5.41, 5.74) is 0.917. The first kappa shape index (κ1) is 17.0. The van der Waals surface area contributed by atoms with Crippen molar-refractivity contribution < 1.29 is 9.53 Å². The van der Waals surface area contributed by atoms with Crippen LogP contribution >= 0.6 is 0 Å². The van der Waals surface area contributed by atoms with Gasteiger partial charge in [-0.3, -0.25) is 9.78 Å². The Balaban J connectivity index is 1.29. The number of likely N-dealkylation sites (N-methyl/N-ethyl adjacent to an activating group) is 1. The van der Waals surface area contributed by atoms with Gasteiger partial charge in [-0.05, 0) is 56.2 Å². The predicted molar refractivity (Wildman–Crippen MR) is 95.9 cm³/mol. The van der Waals surface area contributed by atoms with Crippen molar-refractivity contribution in [2.24, 2.45) is 11.8 Å². The molecule has 0 bridgehead atoms. The molecule has 2 aliphatic heterocycles. The average Bonchev–Trinajstić information content (AvgIpc) is 3.01. The molecule has 0 spiro atoms. The highest BCUT2D eigenvalue weighted by Gasteiger charge is 2.43. The lowest BCUT2D eigenvalue weighted by Gasteiger charge is -2.38. The minimum Gasteiger partial charge on any atom is -0.364 e. The zero-order valence-corrected chi connectivity index (χ0v) is 15.1. The maximum absolute atomic E-state index is 12.8. The Morgan fingerprint density at radius 1 is 1.36 bits per heavy atom. The molecule has 5 nitrogen and oxygen atoms in total. The van der Waals surface area contributed by atoms with Gasteiger partial charge in [0.2, 0.25) is 0 Å². The van der Waals surface area contributed by atoms with Crippen LogP contribution in [0.1, 0.15) is 37.8 Å². The molecule has 1 amide bonds. The zero-order valence-electron chi connectivity index (χ0n) is 15.1. The lowest BCUT2D eigenvalue weighted by atomic mass is 9.84. The molecule has 3 atom stereocenters. The number of hydrogen-bond donors (Lipinski definition) is 0. The minimum atomic E-state index is -0.271. The van der Waals surface area contributed by atoms with E-state index in [1.807, 2.05) is 25.2 Å². The highest BCUT2D eigenvalue weighted by Crippen LogP contribution is 2.35. The largest absolute Gasteiger partial charge is 0.364 e. The standard InChI is InChI=1S/C20H29N3O2/c1-22(13-17-7-2-3-9-21-17)20(24)18-11-16-8-10-23(14-19(16)25-18)12-15-5-4-6-15/h2-3,7,9,15-16,18-19H,4-6,8,10-14H2,1H3/t16-,18-,19+/m0/s1. The van der Waals surface area contributed by atoms with Gasteiger partial charge in [0.25, 0.3) is 5.91 Å². The molecule has 5 heteroatoms. The fraction of sp³-hybridized carbons (Fsp3) is 0.700. The summed E-state index contributed by atoms with van der Waals surface area (Å²) < 4.78 is 6.20. The first-order valence-corrected chi connectivity index (χ1v) is 9.72. The Kier molecular flexibility index (Phi) is 5.04. The van der Waals surface area contributed by atoms with Gasteiger partial charge in [0, 0.05) is 26.3 Å². The van der Waals surface area contributed by atoms with Crippen LogP contribution in [0.3, 0.4) is 0 Å². The molecule has 2 saturated heterocycles. The zero-order chi connectivity index (χ0) is 17.2. The lowest BCUT2D eigenvalue weighted by molar-refractivity contribution is -0.143. The number of nitrogens with zero attached hydrogens (tertiary/aromatic N) is 3. The van der Waals surface area contributed by atoms with Gasteiger partial charge >= 0.3 is 0 Å². The maximum atomic E-state index is 12.8. The number of rotatable bonds is 5. The van der Waals surface area contributed by atoms with Gasteiger partial charge in [0.05, 0.1) is 18.3 Å². The van der Waals surface area contributed by atoms with E-state index in [1.165, 1.54) is 38.8 Å². The van der Waals surface area contributed by atoms with Crippen molar-refractivity contribution in [3.05, 3.63) is 30.1 Å². The SMILES string of the molecule is CN(Cc1ccccn1)C(=O)[C@@H]1C[C@@H]2CCN(CC3CCC3)C[C@H]2O1. The summed E-state index contributed by atoms with van der Waals surface area (Å²) in [6.45, 7) is 3.95. The molecule has 3 fully saturated rings. The molecule has 0 N–H and O–H groups in total. The van der Waals surface area contributed by atoms with Gasteiger partial charge in [-0.1, -0.05) is 12.5 Å². The van der Waals surface area contributed by atoms with Crippen LogP contribution in [0.4, 0.5) is 0 Å². The van der Waals surface area contributed by atoms with E-state index in [2.05, 4.69) is 9.88 Å². The van der Waals surface area contributed by atoms with Gasteiger partial charge < -0.3 is 14.5 Å². The minimum absolute atomic E-state index is 0.102. The molecule has 3 heterocycles. The Hall–Kier alpha value is -1.46. The number of carbonyl (C=O) groups is 1. The van der Waals surface area contributed by atoms with Crippen LogP contribution in [0.2, 0.25) is 0 Å². The fourth-order valence-corrected chi connectivity index (χ4v) is 4.42. The number of likely N-dealkylation sites (tertiary alicyclic amines) is 1. The quantitative estimate of drug-likeness (QED) is 0.823. The molecular weight excluding hydrogens is 314 g/mol. The summed E-state index contributed by atoms with van der Waals surface area (Å²) in [5.74, 6) is 1.56. The van der Waals surface area contributed by atoms with Gasteiger partial charge in [-0.25, -0.2) is 0 Å². The molecule has 0 aromatic carbocycles. The Morgan fingerprint density at radius 3 is 2.96 bits per heavy atom. The fourth-order valence-electron chi connectivity index (χ4n) is 4.42. The summed E-state index contributed by atoms with van der Waals surface area (Å²) in [7, 11) is 1.85. The number of fused-ring (bicyclic) bond motifs is 1. The van der Waals surface area contributed by atoms with Crippen molar-refractivity contribution in [1.82, 2.24) is 14.8 Å². The van der Waals surface area contributed by atoms with E-state index in [0.717, 1.165) is 24.6 Å². The third-order valence-corrected chi connectivity index (χ3v) is 6.15. The van der Waals surface area contributed by atoms with Crippen molar-refractivity contribution in [2.45, 2.75) is 50.9 Å². The van der Waals surface area contributed by atoms with Crippen molar-refractivity contribution in [3.8, 4) is 0 Å². The predicted octanol–water partition coefficient (Wildman–Crippen LogP) is 2.32. The first-order valence-electron chi connectivity index (χ1n) is 9.72. The van der Waals surface area contributed by atoms with Crippen molar-refractivity contribution in [3.63, 3.8) is 0 Å².